The fourth-order valence-electron chi connectivity index (χ4n) is 1.14. The van der Waals surface area contributed by atoms with E-state index in [-0.39, 0.29) is 23.6 Å². The Morgan fingerprint density at radius 1 is 1.77 bits per heavy atom. The minimum Gasteiger partial charge on any atom is -0.480 e. The molecule has 6 heteroatoms. The summed E-state index contributed by atoms with van der Waals surface area (Å²) in [5.41, 5.74) is 0. The molecule has 5 nitrogen and oxygen atoms in total. The molecule has 1 amide bonds. The smallest absolute Gasteiger partial charge is 0.323 e. The van der Waals surface area contributed by atoms with Crippen molar-refractivity contribution in [2.24, 2.45) is 0 Å². The third-order valence-electron chi connectivity index (χ3n) is 1.81. The zero-order valence-electron chi connectivity index (χ0n) is 7.11. The standard InChI is InChI=1S/C7H10N2O3S/c1-2-4-6(12)9(3-5(10)11)7(13)8-4/h4H,2-3H2,1H3,(H,8,13)(H,10,11). The number of thiocarbonyl (C=S) groups is 1. The number of hydrogen-bond acceptors (Lipinski definition) is 3. The van der Waals surface area contributed by atoms with E-state index >= 15 is 0 Å². The van der Waals surface area contributed by atoms with E-state index in [0.717, 1.165) is 4.90 Å². The maximum absolute atomic E-state index is 11.4. The highest BCUT2D eigenvalue weighted by molar-refractivity contribution is 7.80. The molecule has 1 fully saturated rings. The Balaban J connectivity index is 2.70. The molecular formula is C7H10N2O3S. The van der Waals surface area contributed by atoms with Gasteiger partial charge in [0.05, 0.1) is 0 Å². The van der Waals surface area contributed by atoms with Crippen molar-refractivity contribution in [2.75, 3.05) is 6.54 Å². The Labute approximate surface area is 80.7 Å². The second-order valence-corrected chi connectivity index (χ2v) is 3.12. The number of amides is 1. The Morgan fingerprint density at radius 2 is 2.38 bits per heavy atom. The molecule has 1 rings (SSSR count). The highest BCUT2D eigenvalue weighted by atomic mass is 32.1. The average molecular weight is 202 g/mol. The molecule has 1 aliphatic rings. The zero-order valence-corrected chi connectivity index (χ0v) is 7.93. The molecule has 0 spiro atoms. The Morgan fingerprint density at radius 3 is 2.77 bits per heavy atom. The number of rotatable bonds is 3. The van der Waals surface area contributed by atoms with Gasteiger partial charge < -0.3 is 10.4 Å². The van der Waals surface area contributed by atoms with Gasteiger partial charge in [-0.1, -0.05) is 6.92 Å². The van der Waals surface area contributed by atoms with Crippen LogP contribution >= 0.6 is 12.2 Å². The molecule has 0 aromatic heterocycles. The van der Waals surface area contributed by atoms with E-state index in [2.05, 4.69) is 5.32 Å². The summed E-state index contributed by atoms with van der Waals surface area (Å²) in [6, 6.07) is -0.355. The molecule has 13 heavy (non-hydrogen) atoms. The van der Waals surface area contributed by atoms with E-state index in [4.69, 9.17) is 17.3 Å². The zero-order chi connectivity index (χ0) is 10.0. The van der Waals surface area contributed by atoms with Gasteiger partial charge >= 0.3 is 5.97 Å². The van der Waals surface area contributed by atoms with Gasteiger partial charge in [-0.05, 0) is 18.6 Å². The van der Waals surface area contributed by atoms with Gasteiger partial charge in [0.15, 0.2) is 5.11 Å². The number of carbonyl (C=O) groups excluding carboxylic acids is 1. The molecule has 0 saturated carbocycles. The monoisotopic (exact) mass is 202 g/mol. The number of aliphatic carboxylic acids is 1. The highest BCUT2D eigenvalue weighted by Gasteiger charge is 2.34. The number of nitrogens with one attached hydrogen (secondary N) is 1. The summed E-state index contributed by atoms with van der Waals surface area (Å²) in [6.45, 7) is 1.48. The van der Waals surface area contributed by atoms with Crippen molar-refractivity contribution in [3.63, 3.8) is 0 Å². The first kappa shape index (κ1) is 9.91. The topological polar surface area (TPSA) is 69.6 Å². The van der Waals surface area contributed by atoms with E-state index in [0.29, 0.717) is 6.42 Å². The summed E-state index contributed by atoms with van der Waals surface area (Å²) in [4.78, 5) is 22.8. The average Bonchev–Trinajstić information content (AvgIpc) is 2.31. The molecule has 1 atom stereocenters. The van der Waals surface area contributed by atoms with Crippen LogP contribution in [0.2, 0.25) is 0 Å². The number of carbonyl (C=O) groups is 2. The number of carboxylic acids is 1. The van der Waals surface area contributed by atoms with Crippen molar-refractivity contribution in [2.45, 2.75) is 19.4 Å². The highest BCUT2D eigenvalue weighted by Crippen LogP contribution is 2.08. The second kappa shape index (κ2) is 3.69. The molecule has 1 unspecified atom stereocenters. The quantitative estimate of drug-likeness (QED) is 0.607. The van der Waals surface area contributed by atoms with Gasteiger partial charge in [-0.2, -0.15) is 0 Å². The molecular weight excluding hydrogens is 192 g/mol. The summed E-state index contributed by atoms with van der Waals surface area (Å²) in [5, 5.41) is 11.4. The van der Waals surface area contributed by atoms with Gasteiger partial charge in [0, 0.05) is 0 Å². The first-order valence-electron chi connectivity index (χ1n) is 3.90. The van der Waals surface area contributed by atoms with Gasteiger partial charge in [-0.3, -0.25) is 14.5 Å². The predicted octanol–water partition coefficient (Wildman–Crippen LogP) is -0.434. The van der Waals surface area contributed by atoms with Crippen molar-refractivity contribution in [3.05, 3.63) is 0 Å². The fourth-order valence-corrected chi connectivity index (χ4v) is 1.44. The summed E-state index contributed by atoms with van der Waals surface area (Å²) >= 11 is 4.81. The molecule has 0 radical (unpaired) electrons. The van der Waals surface area contributed by atoms with Crippen molar-refractivity contribution in [1.82, 2.24) is 10.2 Å². The summed E-state index contributed by atoms with van der Waals surface area (Å²) in [6.07, 6.45) is 0.606. The molecule has 0 bridgehead atoms. The Bertz CT molecular complexity index is 266. The van der Waals surface area contributed by atoms with E-state index in [1.807, 2.05) is 6.92 Å². The molecule has 2 N–H and O–H groups in total. The van der Waals surface area contributed by atoms with E-state index in [1.54, 1.807) is 0 Å². The van der Waals surface area contributed by atoms with Crippen molar-refractivity contribution < 1.29 is 14.7 Å². The fraction of sp³-hybridized carbons (Fsp3) is 0.571. The van der Waals surface area contributed by atoms with Crippen LogP contribution in [0.3, 0.4) is 0 Å². The number of carboxylic acid groups (broad SMARTS) is 1. The van der Waals surface area contributed by atoms with Crippen LogP contribution in [0.4, 0.5) is 0 Å². The molecule has 1 aliphatic heterocycles. The van der Waals surface area contributed by atoms with Crippen molar-refractivity contribution in [3.8, 4) is 0 Å². The van der Waals surface area contributed by atoms with Crippen LogP contribution in [0, 0.1) is 0 Å². The summed E-state index contributed by atoms with van der Waals surface area (Å²) in [5.74, 6) is -1.32. The molecule has 72 valence electrons. The van der Waals surface area contributed by atoms with Crippen LogP contribution in [0.15, 0.2) is 0 Å². The minimum absolute atomic E-state index is 0.208. The molecule has 0 aliphatic carbocycles. The second-order valence-electron chi connectivity index (χ2n) is 2.73. The third-order valence-corrected chi connectivity index (χ3v) is 2.15. The summed E-state index contributed by atoms with van der Waals surface area (Å²) < 4.78 is 0. The van der Waals surface area contributed by atoms with E-state index in [9.17, 15) is 9.59 Å². The molecule has 1 heterocycles. The first-order chi connectivity index (χ1) is 6.06. The van der Waals surface area contributed by atoms with E-state index < -0.39 is 5.97 Å². The number of nitrogens with zero attached hydrogens (tertiary/aromatic N) is 1. The number of hydrogen-bond donors (Lipinski definition) is 2. The Hall–Kier alpha value is -1.17. The minimum atomic E-state index is -1.06. The van der Waals surface area contributed by atoms with Gasteiger partial charge in [-0.25, -0.2) is 0 Å². The maximum atomic E-state index is 11.4. The lowest BCUT2D eigenvalue weighted by Crippen LogP contribution is -2.35. The Kier molecular flexibility index (Phi) is 2.82. The maximum Gasteiger partial charge on any atom is 0.323 e. The van der Waals surface area contributed by atoms with Crippen molar-refractivity contribution >= 4 is 29.2 Å². The summed E-state index contributed by atoms with van der Waals surface area (Å²) in [7, 11) is 0. The van der Waals surface area contributed by atoms with Crippen LogP contribution in [-0.4, -0.2) is 39.6 Å². The normalized spacial score (nSPS) is 21.9. The van der Waals surface area contributed by atoms with Crippen molar-refractivity contribution in [1.29, 1.82) is 0 Å². The SMILES string of the molecule is CCC1NC(=S)N(CC(=O)O)C1=O. The predicted molar refractivity (Wildman–Crippen MR) is 49.2 cm³/mol. The first-order valence-corrected chi connectivity index (χ1v) is 4.30. The van der Waals surface area contributed by atoms with Crippen LogP contribution in [-0.2, 0) is 9.59 Å². The molecule has 1 saturated heterocycles. The lowest BCUT2D eigenvalue weighted by Gasteiger charge is -2.10. The van der Waals surface area contributed by atoms with Gasteiger partial charge in [0.1, 0.15) is 12.6 Å². The third kappa shape index (κ3) is 1.95. The van der Waals surface area contributed by atoms with Crippen LogP contribution in [0.1, 0.15) is 13.3 Å². The largest absolute Gasteiger partial charge is 0.480 e. The molecule has 0 aromatic rings. The van der Waals surface area contributed by atoms with Gasteiger partial charge in [0.25, 0.3) is 5.91 Å². The van der Waals surface area contributed by atoms with E-state index in [1.165, 1.54) is 0 Å². The van der Waals surface area contributed by atoms with Crippen LogP contribution in [0.25, 0.3) is 0 Å². The van der Waals surface area contributed by atoms with Gasteiger partial charge in [-0.15, -0.1) is 0 Å². The van der Waals surface area contributed by atoms with Gasteiger partial charge in [0.2, 0.25) is 0 Å². The lowest BCUT2D eigenvalue weighted by atomic mass is 10.2. The lowest BCUT2D eigenvalue weighted by molar-refractivity contribution is -0.141. The van der Waals surface area contributed by atoms with Crippen LogP contribution in [0.5, 0.6) is 0 Å². The molecule has 0 aromatic carbocycles. The van der Waals surface area contributed by atoms with Crippen LogP contribution < -0.4 is 5.32 Å².